The van der Waals surface area contributed by atoms with Gasteiger partial charge in [0.05, 0.1) is 15.6 Å². The van der Waals surface area contributed by atoms with Gasteiger partial charge in [-0.3, -0.25) is 9.59 Å². The van der Waals surface area contributed by atoms with Gasteiger partial charge in [-0.15, -0.1) is 0 Å². The third-order valence-electron chi connectivity index (χ3n) is 5.60. The summed E-state index contributed by atoms with van der Waals surface area (Å²) < 4.78 is 0. The van der Waals surface area contributed by atoms with Gasteiger partial charge in [-0.25, -0.2) is 0 Å². The molecule has 5 nitrogen and oxygen atoms in total. The van der Waals surface area contributed by atoms with E-state index in [1.807, 2.05) is 11.0 Å². The first-order chi connectivity index (χ1) is 15.0. The molecule has 1 saturated heterocycles. The zero-order valence-electron chi connectivity index (χ0n) is 17.8. The second-order valence-electron chi connectivity index (χ2n) is 7.91. The van der Waals surface area contributed by atoms with E-state index in [-0.39, 0.29) is 16.5 Å². The van der Waals surface area contributed by atoms with Crippen LogP contribution >= 0.6 is 23.2 Å². The van der Waals surface area contributed by atoms with Gasteiger partial charge in [0, 0.05) is 19.6 Å². The Hall–Kier alpha value is -2.08. The molecule has 166 valence electrons. The molecule has 0 saturated carbocycles. The van der Waals surface area contributed by atoms with E-state index in [0.717, 1.165) is 38.9 Å². The maximum absolute atomic E-state index is 12.9. The third kappa shape index (κ3) is 6.70. The van der Waals surface area contributed by atoms with Crippen LogP contribution in [-0.2, 0) is 11.2 Å². The van der Waals surface area contributed by atoms with Gasteiger partial charge in [-0.1, -0.05) is 59.6 Å². The van der Waals surface area contributed by atoms with Crippen LogP contribution in [0.5, 0.6) is 0 Å². The van der Waals surface area contributed by atoms with Crippen molar-refractivity contribution in [3.63, 3.8) is 0 Å². The molecule has 1 atom stereocenters. The molecule has 1 heterocycles. The minimum atomic E-state index is -0.632. The zero-order valence-corrected chi connectivity index (χ0v) is 19.3. The second kappa shape index (κ2) is 11.5. The van der Waals surface area contributed by atoms with Crippen LogP contribution < -0.4 is 5.32 Å². The number of halogens is 2. The van der Waals surface area contributed by atoms with Crippen molar-refractivity contribution in [3.8, 4) is 0 Å². The van der Waals surface area contributed by atoms with Gasteiger partial charge in [0.2, 0.25) is 5.91 Å². The Labute approximate surface area is 194 Å². The Morgan fingerprint density at radius 1 is 1.00 bits per heavy atom. The van der Waals surface area contributed by atoms with Crippen LogP contribution in [0.1, 0.15) is 35.7 Å². The third-order valence-corrected chi connectivity index (χ3v) is 6.42. The Bertz CT molecular complexity index is 892. The summed E-state index contributed by atoms with van der Waals surface area (Å²) in [7, 11) is 0. The van der Waals surface area contributed by atoms with Gasteiger partial charge in [0.25, 0.3) is 5.91 Å². The van der Waals surface area contributed by atoms with Crippen molar-refractivity contribution in [1.29, 1.82) is 0 Å². The zero-order chi connectivity index (χ0) is 22.2. The quantitative estimate of drug-likeness (QED) is 0.669. The summed E-state index contributed by atoms with van der Waals surface area (Å²) in [4.78, 5) is 29.7. The van der Waals surface area contributed by atoms with Crippen LogP contribution in [0, 0.1) is 0 Å². The first kappa shape index (κ1) is 23.6. The number of carbonyl (C=O) groups excluding carboxylic acids is 2. The maximum Gasteiger partial charge on any atom is 0.253 e. The smallest absolute Gasteiger partial charge is 0.253 e. The molecule has 1 fully saturated rings. The normalized spacial score (nSPS) is 15.9. The van der Waals surface area contributed by atoms with Crippen LogP contribution in [0.4, 0.5) is 0 Å². The van der Waals surface area contributed by atoms with Crippen molar-refractivity contribution in [2.24, 2.45) is 0 Å². The number of benzene rings is 2. The van der Waals surface area contributed by atoms with E-state index >= 15 is 0 Å². The molecular weight excluding hydrogens is 433 g/mol. The summed E-state index contributed by atoms with van der Waals surface area (Å²) >= 11 is 12.1. The predicted molar refractivity (Wildman–Crippen MR) is 126 cm³/mol. The molecule has 2 aromatic rings. The number of carbonyl (C=O) groups is 2. The van der Waals surface area contributed by atoms with Crippen LogP contribution in [0.25, 0.3) is 0 Å². The molecule has 2 aromatic carbocycles. The molecule has 2 amide bonds. The standard InChI is InChI=1S/C24H29Cl2N3O2/c1-18(27-23(30)20-11-5-12-21(25)22(20)26)24(31)29-15-7-14-28(16-17-29)13-6-10-19-8-3-2-4-9-19/h2-5,8-9,11-12,18H,6-7,10,13-17H2,1H3,(H,27,30). The van der Waals surface area contributed by atoms with Crippen molar-refractivity contribution >= 4 is 35.0 Å². The summed E-state index contributed by atoms with van der Waals surface area (Å²) in [5.74, 6) is -0.469. The number of hydrogen-bond donors (Lipinski definition) is 1. The summed E-state index contributed by atoms with van der Waals surface area (Å²) in [6.45, 7) is 5.94. The first-order valence-electron chi connectivity index (χ1n) is 10.8. The van der Waals surface area contributed by atoms with Crippen LogP contribution in [0.2, 0.25) is 10.0 Å². The van der Waals surface area contributed by atoms with E-state index in [1.165, 1.54) is 5.56 Å². The lowest BCUT2D eigenvalue weighted by molar-refractivity contribution is -0.132. The molecule has 0 aliphatic carbocycles. The highest BCUT2D eigenvalue weighted by atomic mass is 35.5. The van der Waals surface area contributed by atoms with Gasteiger partial charge in [-0.2, -0.15) is 0 Å². The minimum Gasteiger partial charge on any atom is -0.340 e. The Morgan fingerprint density at radius 3 is 2.55 bits per heavy atom. The number of rotatable bonds is 7. The molecule has 1 unspecified atom stereocenters. The Balaban J connectivity index is 1.47. The van der Waals surface area contributed by atoms with Gasteiger partial charge >= 0.3 is 0 Å². The molecular formula is C24H29Cl2N3O2. The summed E-state index contributed by atoms with van der Waals surface area (Å²) in [5, 5.41) is 3.27. The van der Waals surface area contributed by atoms with Crippen molar-refractivity contribution in [3.05, 3.63) is 69.7 Å². The summed E-state index contributed by atoms with van der Waals surface area (Å²) in [6.07, 6.45) is 3.10. The van der Waals surface area contributed by atoms with E-state index in [1.54, 1.807) is 25.1 Å². The van der Waals surface area contributed by atoms with Crippen molar-refractivity contribution in [2.45, 2.75) is 32.2 Å². The number of nitrogens with zero attached hydrogens (tertiary/aromatic N) is 2. The number of nitrogens with one attached hydrogen (secondary N) is 1. The van der Waals surface area contributed by atoms with E-state index in [2.05, 4.69) is 34.5 Å². The van der Waals surface area contributed by atoms with Crippen LogP contribution in [0.15, 0.2) is 48.5 Å². The van der Waals surface area contributed by atoms with Crippen LogP contribution in [0.3, 0.4) is 0 Å². The lowest BCUT2D eigenvalue weighted by atomic mass is 10.1. The molecule has 0 radical (unpaired) electrons. The summed E-state index contributed by atoms with van der Waals surface area (Å²) in [6, 6.07) is 14.8. The number of amides is 2. The van der Waals surface area contributed by atoms with E-state index in [0.29, 0.717) is 18.1 Å². The molecule has 0 aromatic heterocycles. The highest BCUT2D eigenvalue weighted by Crippen LogP contribution is 2.25. The van der Waals surface area contributed by atoms with Crippen LogP contribution in [-0.4, -0.2) is 60.4 Å². The maximum atomic E-state index is 12.9. The summed E-state index contributed by atoms with van der Waals surface area (Å²) in [5.41, 5.74) is 1.63. The molecule has 1 N–H and O–H groups in total. The molecule has 31 heavy (non-hydrogen) atoms. The highest BCUT2D eigenvalue weighted by Gasteiger charge is 2.25. The molecule has 0 spiro atoms. The fourth-order valence-electron chi connectivity index (χ4n) is 3.86. The van der Waals surface area contributed by atoms with Crippen molar-refractivity contribution < 1.29 is 9.59 Å². The Morgan fingerprint density at radius 2 is 1.77 bits per heavy atom. The minimum absolute atomic E-state index is 0.0716. The molecule has 0 bridgehead atoms. The number of aryl methyl sites for hydroxylation is 1. The second-order valence-corrected chi connectivity index (χ2v) is 8.69. The first-order valence-corrected chi connectivity index (χ1v) is 11.5. The Kier molecular flexibility index (Phi) is 8.76. The highest BCUT2D eigenvalue weighted by molar-refractivity contribution is 6.43. The predicted octanol–water partition coefficient (Wildman–Crippen LogP) is 4.28. The SMILES string of the molecule is CC(NC(=O)c1cccc(Cl)c1Cl)C(=O)N1CCCN(CCCc2ccccc2)CC1. The lowest BCUT2D eigenvalue weighted by Gasteiger charge is -2.25. The largest absolute Gasteiger partial charge is 0.340 e. The molecule has 3 rings (SSSR count). The fraction of sp³-hybridized carbons (Fsp3) is 0.417. The van der Waals surface area contributed by atoms with Crippen molar-refractivity contribution in [1.82, 2.24) is 15.1 Å². The van der Waals surface area contributed by atoms with Gasteiger partial charge in [0.15, 0.2) is 0 Å². The van der Waals surface area contributed by atoms with Crippen molar-refractivity contribution in [2.75, 3.05) is 32.7 Å². The van der Waals surface area contributed by atoms with Gasteiger partial charge in [0.1, 0.15) is 6.04 Å². The molecule has 7 heteroatoms. The van der Waals surface area contributed by atoms with Gasteiger partial charge < -0.3 is 15.1 Å². The lowest BCUT2D eigenvalue weighted by Crippen LogP contribution is -2.48. The van der Waals surface area contributed by atoms with E-state index in [4.69, 9.17) is 23.2 Å². The number of hydrogen-bond acceptors (Lipinski definition) is 3. The molecule has 1 aliphatic rings. The van der Waals surface area contributed by atoms with E-state index < -0.39 is 11.9 Å². The van der Waals surface area contributed by atoms with Gasteiger partial charge in [-0.05, 0) is 57.0 Å². The average Bonchev–Trinajstić information content (AvgIpc) is 3.01. The van der Waals surface area contributed by atoms with E-state index in [9.17, 15) is 9.59 Å². The molecule has 1 aliphatic heterocycles. The topological polar surface area (TPSA) is 52.7 Å². The monoisotopic (exact) mass is 461 g/mol. The fourth-order valence-corrected chi connectivity index (χ4v) is 4.24. The average molecular weight is 462 g/mol.